The molecule has 1 aromatic heterocycles. The summed E-state index contributed by atoms with van der Waals surface area (Å²) in [4.78, 5) is 28.7. The highest BCUT2D eigenvalue weighted by Crippen LogP contribution is 2.32. The molecule has 2 N–H and O–H groups in total. The number of rotatable bonds is 6. The monoisotopic (exact) mass is 501 g/mol. The van der Waals surface area contributed by atoms with Gasteiger partial charge in [0.2, 0.25) is 0 Å². The maximum atomic E-state index is 13.0. The molecule has 0 spiro atoms. The molecular formula is C25H22F3N3O5. The average Bonchev–Trinajstić information content (AvgIpc) is 3.40. The van der Waals surface area contributed by atoms with Crippen LogP contribution in [0.1, 0.15) is 28.4 Å². The third-order valence-corrected chi connectivity index (χ3v) is 5.64. The number of carbonyl (C=O) groups is 2. The van der Waals surface area contributed by atoms with E-state index in [1.165, 1.54) is 19.2 Å². The van der Waals surface area contributed by atoms with Gasteiger partial charge < -0.3 is 24.5 Å². The van der Waals surface area contributed by atoms with Crippen molar-refractivity contribution in [2.24, 2.45) is 0 Å². The van der Waals surface area contributed by atoms with Crippen molar-refractivity contribution >= 4 is 18.0 Å². The van der Waals surface area contributed by atoms with Gasteiger partial charge in [-0.05, 0) is 41.8 Å². The van der Waals surface area contributed by atoms with Crippen LogP contribution in [-0.4, -0.2) is 45.9 Å². The van der Waals surface area contributed by atoms with Crippen LogP contribution in [0.4, 0.5) is 13.2 Å². The molecule has 0 radical (unpaired) electrons. The minimum absolute atomic E-state index is 0.236. The minimum Gasteiger partial charge on any atom is -0.495 e. The number of aryl methyl sites for hydroxylation is 1. The fourth-order valence-corrected chi connectivity index (χ4v) is 3.96. The van der Waals surface area contributed by atoms with Gasteiger partial charge in [0.25, 0.3) is 5.91 Å². The van der Waals surface area contributed by atoms with E-state index in [2.05, 4.69) is 15.0 Å². The highest BCUT2D eigenvalue weighted by Gasteiger charge is 2.43. The third-order valence-electron chi connectivity index (χ3n) is 5.64. The zero-order valence-corrected chi connectivity index (χ0v) is 19.2. The Morgan fingerprint density at radius 1 is 1.22 bits per heavy atom. The number of amides is 1. The normalized spacial score (nSPS) is 17.4. The highest BCUT2D eigenvalue weighted by molar-refractivity contribution is 5.99. The van der Waals surface area contributed by atoms with E-state index in [9.17, 15) is 27.9 Å². The van der Waals surface area contributed by atoms with E-state index in [4.69, 9.17) is 4.74 Å². The molecule has 4 rings (SSSR count). The van der Waals surface area contributed by atoms with E-state index in [-0.39, 0.29) is 12.0 Å². The van der Waals surface area contributed by atoms with E-state index in [1.54, 1.807) is 54.3 Å². The van der Waals surface area contributed by atoms with Crippen molar-refractivity contribution in [1.29, 1.82) is 0 Å². The lowest BCUT2D eigenvalue weighted by molar-refractivity contribution is -0.195. The van der Waals surface area contributed by atoms with Crippen molar-refractivity contribution < 1.29 is 37.3 Å². The lowest BCUT2D eigenvalue weighted by atomic mass is 10.1. The van der Waals surface area contributed by atoms with Crippen LogP contribution in [0, 0.1) is 6.92 Å². The van der Waals surface area contributed by atoms with Crippen molar-refractivity contribution in [2.45, 2.75) is 31.7 Å². The molecule has 1 aliphatic rings. The average molecular weight is 501 g/mol. The number of nitrogens with one attached hydrogen (secondary N) is 1. The van der Waals surface area contributed by atoms with Crippen LogP contribution in [0.25, 0.3) is 11.8 Å². The molecule has 1 heterocycles. The molecule has 2 aromatic carbocycles. The maximum Gasteiger partial charge on any atom is 0.491 e. The van der Waals surface area contributed by atoms with E-state index >= 15 is 0 Å². The number of carbonyl (C=O) groups excluding carboxylic acids is 2. The summed E-state index contributed by atoms with van der Waals surface area (Å²) in [5, 5.41) is 12.9. The number of halogens is 3. The minimum atomic E-state index is -5.32. The fourth-order valence-electron chi connectivity index (χ4n) is 3.96. The zero-order chi connectivity index (χ0) is 26.0. The van der Waals surface area contributed by atoms with Gasteiger partial charge in [0.1, 0.15) is 5.75 Å². The molecule has 2 atom stereocenters. The van der Waals surface area contributed by atoms with Gasteiger partial charge in [-0.2, -0.15) is 13.2 Å². The number of esters is 1. The van der Waals surface area contributed by atoms with E-state index in [0.29, 0.717) is 17.0 Å². The topological polar surface area (TPSA) is 103 Å². The largest absolute Gasteiger partial charge is 0.495 e. The summed E-state index contributed by atoms with van der Waals surface area (Å²) >= 11 is 0. The smallest absolute Gasteiger partial charge is 0.491 e. The second kappa shape index (κ2) is 9.86. The molecule has 188 valence electrons. The molecule has 3 aromatic rings. The molecule has 0 fully saturated rings. The Kier molecular flexibility index (Phi) is 6.84. The number of hydrogen-bond acceptors (Lipinski definition) is 6. The van der Waals surface area contributed by atoms with Gasteiger partial charge in [0, 0.05) is 12.6 Å². The molecule has 11 heteroatoms. The number of imidazole rings is 1. The first kappa shape index (κ1) is 25.0. The summed E-state index contributed by atoms with van der Waals surface area (Å²) in [6, 6.07) is 10.7. The Morgan fingerprint density at radius 2 is 1.97 bits per heavy atom. The highest BCUT2D eigenvalue weighted by atomic mass is 19.4. The molecular weight excluding hydrogens is 479 g/mol. The van der Waals surface area contributed by atoms with Crippen LogP contribution in [0.2, 0.25) is 0 Å². The van der Waals surface area contributed by atoms with Crippen LogP contribution < -0.4 is 10.1 Å². The zero-order valence-electron chi connectivity index (χ0n) is 19.2. The van der Waals surface area contributed by atoms with Crippen molar-refractivity contribution in [3.8, 4) is 11.4 Å². The van der Waals surface area contributed by atoms with E-state index in [1.807, 2.05) is 0 Å². The molecule has 1 amide bonds. The summed E-state index contributed by atoms with van der Waals surface area (Å²) in [7, 11) is 1.41. The van der Waals surface area contributed by atoms with Gasteiger partial charge in [-0.1, -0.05) is 30.3 Å². The summed E-state index contributed by atoms with van der Waals surface area (Å²) in [6.45, 7) is 1.81. The summed E-state index contributed by atoms with van der Waals surface area (Å²) in [6.07, 6.45) is -1.74. The predicted octanol–water partition coefficient (Wildman–Crippen LogP) is 3.41. The van der Waals surface area contributed by atoms with Crippen LogP contribution >= 0.6 is 0 Å². The fraction of sp³-hybridized carbons (Fsp3) is 0.240. The first-order valence-corrected chi connectivity index (χ1v) is 10.8. The number of hydrogen-bond donors (Lipinski definition) is 2. The number of ether oxygens (including phenoxy) is 2. The predicted molar refractivity (Wildman–Crippen MR) is 122 cm³/mol. The first-order chi connectivity index (χ1) is 17.1. The van der Waals surface area contributed by atoms with Gasteiger partial charge in [0.05, 0.1) is 37.0 Å². The first-order valence-electron chi connectivity index (χ1n) is 10.8. The Labute approximate surface area is 204 Å². The number of alkyl halides is 3. The number of fused-ring (bicyclic) bond motifs is 1. The van der Waals surface area contributed by atoms with Crippen molar-refractivity contribution in [2.75, 3.05) is 7.11 Å². The van der Waals surface area contributed by atoms with Crippen molar-refractivity contribution in [3.63, 3.8) is 0 Å². The molecule has 0 aliphatic heterocycles. The van der Waals surface area contributed by atoms with Gasteiger partial charge in [-0.25, -0.2) is 9.78 Å². The molecule has 1 aliphatic carbocycles. The molecule has 0 bridgehead atoms. The molecule has 0 saturated carbocycles. The summed E-state index contributed by atoms with van der Waals surface area (Å²) in [5.41, 5.74) is 3.01. The van der Waals surface area contributed by atoms with Crippen molar-refractivity contribution in [1.82, 2.24) is 14.9 Å². The summed E-state index contributed by atoms with van der Waals surface area (Å²) < 4.78 is 50.3. The molecule has 8 nitrogen and oxygen atoms in total. The second-order valence-electron chi connectivity index (χ2n) is 8.17. The molecule has 0 unspecified atom stereocenters. The number of methoxy groups -OCH3 is 1. The van der Waals surface area contributed by atoms with E-state index < -0.39 is 36.0 Å². The Morgan fingerprint density at radius 3 is 2.64 bits per heavy atom. The number of aliphatic hydroxyl groups is 1. The second-order valence-corrected chi connectivity index (χ2v) is 8.17. The number of nitrogens with zero attached hydrogens (tertiary/aromatic N) is 2. The number of aromatic nitrogens is 2. The third kappa shape index (κ3) is 5.25. The van der Waals surface area contributed by atoms with Crippen molar-refractivity contribution in [3.05, 3.63) is 83.1 Å². The van der Waals surface area contributed by atoms with Gasteiger partial charge in [-0.3, -0.25) is 4.79 Å². The van der Waals surface area contributed by atoms with Crippen LogP contribution in [0.3, 0.4) is 0 Å². The van der Waals surface area contributed by atoms with Crippen LogP contribution in [0.15, 0.2) is 60.7 Å². The van der Waals surface area contributed by atoms with Crippen LogP contribution in [-0.2, 0) is 20.7 Å². The number of benzene rings is 2. The lowest BCUT2D eigenvalue weighted by Gasteiger charge is -2.19. The maximum absolute atomic E-state index is 13.0. The molecule has 0 saturated heterocycles. The Hall–Kier alpha value is -4.12. The quantitative estimate of drug-likeness (QED) is 0.305. The summed E-state index contributed by atoms with van der Waals surface area (Å²) in [5.74, 6) is -4.19. The van der Waals surface area contributed by atoms with E-state index in [0.717, 1.165) is 17.3 Å². The van der Waals surface area contributed by atoms with Gasteiger partial charge in [0.15, 0.2) is 5.76 Å². The Bertz CT molecular complexity index is 1330. The SMILES string of the molecule is COc1cc(/C=C(/OC(=O)C(F)(F)F)C(=O)N[C@H]2c3ccccc3C[C@H]2O)ccc1-n1cnc(C)c1. The standard InChI is InChI=1S/C25H22F3N3O5/c1-14-12-31(13-29-14)18-8-7-15(9-20(18)35-2)10-21(36-24(34)25(26,27)28)23(33)30-22-17-6-4-3-5-16(17)11-19(22)32/h3-10,12-13,19,22,32H,11H2,1-2H3,(H,30,33)/b21-10+/t19-,22+/m1/s1. The van der Waals surface area contributed by atoms with Gasteiger partial charge in [-0.15, -0.1) is 0 Å². The van der Waals surface area contributed by atoms with Gasteiger partial charge >= 0.3 is 12.1 Å². The number of aliphatic hydroxyl groups excluding tert-OH is 1. The Balaban J connectivity index is 1.67. The molecule has 36 heavy (non-hydrogen) atoms. The van der Waals surface area contributed by atoms with Crippen LogP contribution in [0.5, 0.6) is 5.75 Å². The lowest BCUT2D eigenvalue weighted by Crippen LogP contribution is -2.37.